The maximum absolute atomic E-state index is 6.02. The van der Waals surface area contributed by atoms with Crippen molar-refractivity contribution in [2.75, 3.05) is 5.32 Å². The van der Waals surface area contributed by atoms with Crippen molar-refractivity contribution < 1.29 is 4.42 Å². The molecule has 0 amide bonds. The van der Waals surface area contributed by atoms with Gasteiger partial charge in [0.1, 0.15) is 11.3 Å². The van der Waals surface area contributed by atoms with Gasteiger partial charge in [0.2, 0.25) is 5.95 Å². The van der Waals surface area contributed by atoms with Gasteiger partial charge in [-0.3, -0.25) is 0 Å². The highest BCUT2D eigenvalue weighted by Crippen LogP contribution is 2.28. The van der Waals surface area contributed by atoms with Crippen LogP contribution >= 0.6 is 11.6 Å². The fourth-order valence-corrected chi connectivity index (χ4v) is 2.71. The highest BCUT2D eigenvalue weighted by Gasteiger charge is 2.16. The molecule has 0 bridgehead atoms. The minimum Gasteiger partial charge on any atom is -0.459 e. The van der Waals surface area contributed by atoms with E-state index in [1.165, 1.54) is 0 Å². The predicted octanol–water partition coefficient (Wildman–Crippen LogP) is 4.24. The number of tetrazole rings is 1. The van der Waals surface area contributed by atoms with Crippen LogP contribution in [0.25, 0.3) is 16.7 Å². The molecule has 0 radical (unpaired) electrons. The number of rotatable bonds is 4. The van der Waals surface area contributed by atoms with Crippen molar-refractivity contribution in [2.24, 2.45) is 0 Å². The van der Waals surface area contributed by atoms with Crippen LogP contribution < -0.4 is 5.32 Å². The van der Waals surface area contributed by atoms with Gasteiger partial charge < -0.3 is 9.73 Å². The molecule has 0 aliphatic rings. The lowest BCUT2D eigenvalue weighted by atomic mass is 10.2. The topological polar surface area (TPSA) is 68.8 Å². The van der Waals surface area contributed by atoms with E-state index in [2.05, 4.69) is 20.8 Å². The summed E-state index contributed by atoms with van der Waals surface area (Å²) in [5.74, 6) is 1.34. The highest BCUT2D eigenvalue weighted by molar-refractivity contribution is 6.31. The number of nitrogens with zero attached hydrogens (tertiary/aromatic N) is 4. The van der Waals surface area contributed by atoms with Crippen molar-refractivity contribution in [3.63, 3.8) is 0 Å². The molecule has 2 aromatic heterocycles. The molecule has 0 aliphatic carbocycles. The summed E-state index contributed by atoms with van der Waals surface area (Å²) in [4.78, 5) is 0. The molecule has 24 heavy (non-hydrogen) atoms. The SMILES string of the molecule is CC(Nc1nnnn1-c1ccccc1)c1cc2cc(Cl)ccc2o1. The van der Waals surface area contributed by atoms with Gasteiger partial charge in [0.05, 0.1) is 11.7 Å². The molecule has 0 fully saturated rings. The van der Waals surface area contributed by atoms with Gasteiger partial charge in [0.15, 0.2) is 0 Å². The Morgan fingerprint density at radius 3 is 2.79 bits per heavy atom. The van der Waals surface area contributed by atoms with E-state index in [-0.39, 0.29) is 6.04 Å². The molecule has 0 saturated heterocycles. The number of benzene rings is 2. The summed E-state index contributed by atoms with van der Waals surface area (Å²) in [6, 6.07) is 17.1. The number of nitrogens with one attached hydrogen (secondary N) is 1. The van der Waals surface area contributed by atoms with E-state index in [4.69, 9.17) is 16.0 Å². The third kappa shape index (κ3) is 2.72. The van der Waals surface area contributed by atoms with Crippen molar-refractivity contribution in [1.29, 1.82) is 0 Å². The quantitative estimate of drug-likeness (QED) is 0.602. The zero-order valence-electron chi connectivity index (χ0n) is 12.8. The van der Waals surface area contributed by atoms with Crippen molar-refractivity contribution >= 4 is 28.5 Å². The summed E-state index contributed by atoms with van der Waals surface area (Å²) >= 11 is 6.02. The van der Waals surface area contributed by atoms with Crippen LogP contribution in [0.2, 0.25) is 5.02 Å². The van der Waals surface area contributed by atoms with Crippen molar-refractivity contribution in [3.05, 3.63) is 65.4 Å². The van der Waals surface area contributed by atoms with Gasteiger partial charge in [-0.25, -0.2) is 0 Å². The Bertz CT molecular complexity index is 979. The van der Waals surface area contributed by atoms with Crippen LogP contribution in [-0.4, -0.2) is 20.2 Å². The maximum atomic E-state index is 6.02. The van der Waals surface area contributed by atoms with Gasteiger partial charge in [-0.15, -0.1) is 0 Å². The minimum absolute atomic E-state index is 0.107. The zero-order valence-corrected chi connectivity index (χ0v) is 13.6. The Kier molecular flexibility index (Phi) is 3.66. The second kappa shape index (κ2) is 5.98. The minimum atomic E-state index is -0.107. The number of fused-ring (bicyclic) bond motifs is 1. The molecule has 0 aliphatic heterocycles. The average Bonchev–Trinajstić information content (AvgIpc) is 3.22. The summed E-state index contributed by atoms with van der Waals surface area (Å²) in [5, 5.41) is 16.8. The summed E-state index contributed by atoms with van der Waals surface area (Å²) in [6.45, 7) is 1.99. The third-order valence-electron chi connectivity index (χ3n) is 3.74. The molecule has 0 spiro atoms. The smallest absolute Gasteiger partial charge is 0.248 e. The molecule has 2 heterocycles. The molecule has 120 valence electrons. The van der Waals surface area contributed by atoms with Crippen LogP contribution in [0.4, 0.5) is 5.95 Å². The molecule has 1 N–H and O–H groups in total. The first-order valence-electron chi connectivity index (χ1n) is 7.50. The summed E-state index contributed by atoms with van der Waals surface area (Å²) < 4.78 is 7.53. The molecule has 4 rings (SSSR count). The van der Waals surface area contributed by atoms with Crippen LogP contribution in [0.15, 0.2) is 59.0 Å². The van der Waals surface area contributed by atoms with E-state index in [1.807, 2.05) is 61.5 Å². The van der Waals surface area contributed by atoms with E-state index in [1.54, 1.807) is 4.68 Å². The standard InChI is InChI=1S/C17H14ClN5O/c1-11(16-10-12-9-13(18)7-8-15(12)24-16)19-17-20-21-22-23(17)14-5-3-2-4-6-14/h2-11H,1H3,(H,19,20,22). The van der Waals surface area contributed by atoms with Crippen molar-refractivity contribution in [2.45, 2.75) is 13.0 Å². The molecular weight excluding hydrogens is 326 g/mol. The number of para-hydroxylation sites is 1. The van der Waals surface area contributed by atoms with Crippen LogP contribution in [0.1, 0.15) is 18.7 Å². The number of anilines is 1. The second-order valence-corrected chi connectivity index (χ2v) is 5.88. The zero-order chi connectivity index (χ0) is 16.5. The van der Waals surface area contributed by atoms with Crippen LogP contribution in [0.5, 0.6) is 0 Å². The van der Waals surface area contributed by atoms with Gasteiger partial charge in [0.25, 0.3) is 0 Å². The van der Waals surface area contributed by atoms with E-state index in [0.29, 0.717) is 11.0 Å². The first-order valence-corrected chi connectivity index (χ1v) is 7.88. The molecule has 1 atom stereocenters. The number of halogens is 1. The van der Waals surface area contributed by atoms with E-state index < -0.39 is 0 Å². The highest BCUT2D eigenvalue weighted by atomic mass is 35.5. The van der Waals surface area contributed by atoms with Gasteiger partial charge >= 0.3 is 0 Å². The molecule has 6 nitrogen and oxygen atoms in total. The van der Waals surface area contributed by atoms with Crippen molar-refractivity contribution in [3.8, 4) is 5.69 Å². The normalized spacial score (nSPS) is 12.4. The lowest BCUT2D eigenvalue weighted by Gasteiger charge is -2.12. The fourth-order valence-electron chi connectivity index (χ4n) is 2.53. The molecule has 7 heteroatoms. The third-order valence-corrected chi connectivity index (χ3v) is 3.98. The lowest BCUT2D eigenvalue weighted by molar-refractivity contribution is 0.524. The Morgan fingerprint density at radius 1 is 1.12 bits per heavy atom. The summed E-state index contributed by atoms with van der Waals surface area (Å²) in [5.41, 5.74) is 1.68. The maximum Gasteiger partial charge on any atom is 0.248 e. The first kappa shape index (κ1) is 14.7. The Hall–Kier alpha value is -2.86. The molecule has 4 aromatic rings. The van der Waals surface area contributed by atoms with Crippen LogP contribution in [-0.2, 0) is 0 Å². The summed E-state index contributed by atoms with van der Waals surface area (Å²) in [6.07, 6.45) is 0. The van der Waals surface area contributed by atoms with E-state index in [0.717, 1.165) is 22.4 Å². The van der Waals surface area contributed by atoms with Crippen LogP contribution in [0, 0.1) is 0 Å². The molecular formula is C17H14ClN5O. The van der Waals surface area contributed by atoms with Crippen molar-refractivity contribution in [1.82, 2.24) is 20.2 Å². The van der Waals surface area contributed by atoms with Gasteiger partial charge in [0, 0.05) is 10.4 Å². The Labute approximate surface area is 143 Å². The average molecular weight is 340 g/mol. The Balaban J connectivity index is 1.62. The van der Waals surface area contributed by atoms with E-state index >= 15 is 0 Å². The Morgan fingerprint density at radius 2 is 1.96 bits per heavy atom. The molecule has 2 aromatic carbocycles. The number of aromatic nitrogens is 4. The van der Waals surface area contributed by atoms with Gasteiger partial charge in [-0.05, 0) is 53.7 Å². The number of furan rings is 1. The largest absolute Gasteiger partial charge is 0.459 e. The molecule has 1 unspecified atom stereocenters. The van der Waals surface area contributed by atoms with Crippen LogP contribution in [0.3, 0.4) is 0 Å². The second-order valence-electron chi connectivity index (χ2n) is 5.45. The predicted molar refractivity (Wildman–Crippen MR) is 92.4 cm³/mol. The van der Waals surface area contributed by atoms with E-state index in [9.17, 15) is 0 Å². The van der Waals surface area contributed by atoms with Gasteiger partial charge in [-0.2, -0.15) is 4.68 Å². The monoisotopic (exact) mass is 339 g/mol. The molecule has 0 saturated carbocycles. The fraction of sp³-hybridized carbons (Fsp3) is 0.118. The first-order chi connectivity index (χ1) is 11.7. The van der Waals surface area contributed by atoms with Gasteiger partial charge in [-0.1, -0.05) is 34.9 Å². The number of hydrogen-bond acceptors (Lipinski definition) is 5. The number of hydrogen-bond donors (Lipinski definition) is 1. The summed E-state index contributed by atoms with van der Waals surface area (Å²) in [7, 11) is 0. The lowest BCUT2D eigenvalue weighted by Crippen LogP contribution is -2.11.